The molecule has 1 atom stereocenters. The Hall–Kier alpha value is -0.0500. The molecule has 0 fully saturated rings. The van der Waals surface area contributed by atoms with Gasteiger partial charge < -0.3 is 5.73 Å². The van der Waals surface area contributed by atoms with Gasteiger partial charge in [-0.2, -0.15) is 0 Å². The van der Waals surface area contributed by atoms with E-state index in [1.165, 1.54) is 5.56 Å². The molecule has 3 heteroatoms. The van der Waals surface area contributed by atoms with Crippen LogP contribution < -0.4 is 5.73 Å². The zero-order valence-electron chi connectivity index (χ0n) is 6.96. The highest BCUT2D eigenvalue weighted by Gasteiger charge is 2.00. The molecule has 1 aromatic carbocycles. The maximum Gasteiger partial charge on any atom is 0.0292 e. The standard InChI is InChI=1S/C9H12BrN.ClH/c1-2-9(11)7-3-5-8(10)6-4-7;/h3-6,9H,2,11H2,1H3;1H/t9-;/m0./s1. The quantitative estimate of drug-likeness (QED) is 0.856. The molecule has 1 rings (SSSR count). The molecule has 0 spiro atoms. The minimum absolute atomic E-state index is 0. The highest BCUT2D eigenvalue weighted by Crippen LogP contribution is 2.16. The SMILES string of the molecule is CC[C@H](N)c1ccc(Br)cc1.Cl. The van der Waals surface area contributed by atoms with Crippen molar-refractivity contribution in [1.29, 1.82) is 0 Å². The van der Waals surface area contributed by atoms with E-state index in [2.05, 4.69) is 35.0 Å². The van der Waals surface area contributed by atoms with Gasteiger partial charge in [-0.3, -0.25) is 0 Å². The first-order valence-electron chi connectivity index (χ1n) is 3.75. The summed E-state index contributed by atoms with van der Waals surface area (Å²) in [6.45, 7) is 2.09. The molecule has 2 N–H and O–H groups in total. The lowest BCUT2D eigenvalue weighted by molar-refractivity contribution is 0.698. The van der Waals surface area contributed by atoms with Crippen LogP contribution in [-0.4, -0.2) is 0 Å². The molecule has 0 aliphatic rings. The minimum Gasteiger partial charge on any atom is -0.324 e. The fraction of sp³-hybridized carbons (Fsp3) is 0.333. The summed E-state index contributed by atoms with van der Waals surface area (Å²) in [5.74, 6) is 0. The Balaban J connectivity index is 0.00000121. The molecule has 1 nitrogen and oxygen atoms in total. The number of nitrogens with two attached hydrogens (primary N) is 1. The number of rotatable bonds is 2. The molecule has 0 amide bonds. The van der Waals surface area contributed by atoms with Crippen molar-refractivity contribution in [3.05, 3.63) is 34.3 Å². The van der Waals surface area contributed by atoms with Crippen molar-refractivity contribution >= 4 is 28.3 Å². The zero-order valence-corrected chi connectivity index (χ0v) is 9.36. The molecule has 68 valence electrons. The van der Waals surface area contributed by atoms with E-state index < -0.39 is 0 Å². The minimum atomic E-state index is 0. The Morgan fingerprint density at radius 3 is 2.25 bits per heavy atom. The molecule has 0 saturated heterocycles. The van der Waals surface area contributed by atoms with Crippen molar-refractivity contribution < 1.29 is 0 Å². The maximum atomic E-state index is 5.83. The summed E-state index contributed by atoms with van der Waals surface area (Å²) in [6, 6.07) is 8.33. The van der Waals surface area contributed by atoms with E-state index >= 15 is 0 Å². The van der Waals surface area contributed by atoms with E-state index in [1.807, 2.05) is 12.1 Å². The molecule has 0 radical (unpaired) electrons. The van der Waals surface area contributed by atoms with Gasteiger partial charge in [-0.15, -0.1) is 12.4 Å². The molecule has 12 heavy (non-hydrogen) atoms. The van der Waals surface area contributed by atoms with Crippen LogP contribution in [0.15, 0.2) is 28.7 Å². The van der Waals surface area contributed by atoms with Crippen LogP contribution in [0, 0.1) is 0 Å². The van der Waals surface area contributed by atoms with Crippen LogP contribution in [0.25, 0.3) is 0 Å². The van der Waals surface area contributed by atoms with Gasteiger partial charge in [0.05, 0.1) is 0 Å². The Bertz CT molecular complexity index is 222. The first kappa shape index (κ1) is 11.9. The molecular formula is C9H13BrClN. The first-order valence-corrected chi connectivity index (χ1v) is 4.54. The second-order valence-electron chi connectivity index (χ2n) is 2.57. The van der Waals surface area contributed by atoms with E-state index in [-0.39, 0.29) is 18.4 Å². The van der Waals surface area contributed by atoms with Gasteiger partial charge in [0.1, 0.15) is 0 Å². The number of hydrogen-bond donors (Lipinski definition) is 1. The largest absolute Gasteiger partial charge is 0.324 e. The molecule has 0 heterocycles. The summed E-state index contributed by atoms with van der Waals surface area (Å²) in [4.78, 5) is 0. The first-order chi connectivity index (χ1) is 5.24. The third-order valence-corrected chi connectivity index (χ3v) is 2.27. The highest BCUT2D eigenvalue weighted by molar-refractivity contribution is 9.10. The van der Waals surface area contributed by atoms with Gasteiger partial charge in [-0.1, -0.05) is 35.0 Å². The molecule has 0 saturated carbocycles. The van der Waals surface area contributed by atoms with Gasteiger partial charge in [0.25, 0.3) is 0 Å². The monoisotopic (exact) mass is 249 g/mol. The van der Waals surface area contributed by atoms with Crippen molar-refractivity contribution in [2.24, 2.45) is 5.73 Å². The van der Waals surface area contributed by atoms with E-state index in [0.717, 1.165) is 10.9 Å². The van der Waals surface area contributed by atoms with Gasteiger partial charge in [-0.05, 0) is 24.1 Å². The van der Waals surface area contributed by atoms with Crippen LogP contribution >= 0.6 is 28.3 Å². The molecule has 0 unspecified atom stereocenters. The van der Waals surface area contributed by atoms with Gasteiger partial charge >= 0.3 is 0 Å². The second-order valence-corrected chi connectivity index (χ2v) is 3.48. The predicted octanol–water partition coefficient (Wildman–Crippen LogP) is 3.28. The van der Waals surface area contributed by atoms with Crippen LogP contribution in [0.5, 0.6) is 0 Å². The van der Waals surface area contributed by atoms with Crippen molar-refractivity contribution in [3.63, 3.8) is 0 Å². The maximum absolute atomic E-state index is 5.83. The topological polar surface area (TPSA) is 26.0 Å². The Morgan fingerprint density at radius 1 is 1.33 bits per heavy atom. The van der Waals surface area contributed by atoms with E-state index in [0.29, 0.717) is 0 Å². The zero-order chi connectivity index (χ0) is 8.27. The van der Waals surface area contributed by atoms with Crippen LogP contribution in [-0.2, 0) is 0 Å². The summed E-state index contributed by atoms with van der Waals surface area (Å²) < 4.78 is 1.10. The van der Waals surface area contributed by atoms with Crippen LogP contribution in [0.1, 0.15) is 24.9 Å². The van der Waals surface area contributed by atoms with Crippen molar-refractivity contribution in [1.82, 2.24) is 0 Å². The third-order valence-electron chi connectivity index (χ3n) is 1.74. The average Bonchev–Trinajstić information content (AvgIpc) is 2.05. The van der Waals surface area contributed by atoms with E-state index in [4.69, 9.17) is 5.73 Å². The highest BCUT2D eigenvalue weighted by atomic mass is 79.9. The van der Waals surface area contributed by atoms with Gasteiger partial charge in [0.2, 0.25) is 0 Å². The Morgan fingerprint density at radius 2 is 1.83 bits per heavy atom. The average molecular weight is 251 g/mol. The van der Waals surface area contributed by atoms with Crippen LogP contribution in [0.4, 0.5) is 0 Å². The smallest absolute Gasteiger partial charge is 0.0292 e. The van der Waals surface area contributed by atoms with E-state index in [9.17, 15) is 0 Å². The number of hydrogen-bond acceptors (Lipinski definition) is 1. The van der Waals surface area contributed by atoms with Crippen LogP contribution in [0.3, 0.4) is 0 Å². The van der Waals surface area contributed by atoms with Crippen LogP contribution in [0.2, 0.25) is 0 Å². The Labute approximate surface area is 87.9 Å². The van der Waals surface area contributed by atoms with E-state index in [1.54, 1.807) is 0 Å². The fourth-order valence-electron chi connectivity index (χ4n) is 0.946. The molecule has 0 bridgehead atoms. The lowest BCUT2D eigenvalue weighted by Gasteiger charge is -2.07. The van der Waals surface area contributed by atoms with Crippen molar-refractivity contribution in [2.45, 2.75) is 19.4 Å². The second kappa shape index (κ2) is 5.57. The molecular weight excluding hydrogens is 237 g/mol. The fourth-order valence-corrected chi connectivity index (χ4v) is 1.21. The molecule has 0 aromatic heterocycles. The molecule has 1 aromatic rings. The van der Waals surface area contributed by atoms with Gasteiger partial charge in [0.15, 0.2) is 0 Å². The lowest BCUT2D eigenvalue weighted by atomic mass is 10.1. The predicted molar refractivity (Wildman–Crippen MR) is 58.6 cm³/mol. The lowest BCUT2D eigenvalue weighted by Crippen LogP contribution is -2.07. The number of halogens is 2. The Kier molecular flexibility index (Phi) is 5.55. The van der Waals surface area contributed by atoms with Gasteiger partial charge in [0, 0.05) is 10.5 Å². The molecule has 0 aliphatic heterocycles. The molecule has 0 aliphatic carbocycles. The summed E-state index contributed by atoms with van der Waals surface area (Å²) in [7, 11) is 0. The van der Waals surface area contributed by atoms with Gasteiger partial charge in [-0.25, -0.2) is 0 Å². The van der Waals surface area contributed by atoms with Crippen molar-refractivity contribution in [3.8, 4) is 0 Å². The summed E-state index contributed by atoms with van der Waals surface area (Å²) >= 11 is 3.38. The van der Waals surface area contributed by atoms with Crippen molar-refractivity contribution in [2.75, 3.05) is 0 Å². The summed E-state index contributed by atoms with van der Waals surface area (Å²) in [5.41, 5.74) is 7.03. The normalized spacial score (nSPS) is 11.9. The third kappa shape index (κ3) is 3.13. The summed E-state index contributed by atoms with van der Waals surface area (Å²) in [6.07, 6.45) is 0.988. The summed E-state index contributed by atoms with van der Waals surface area (Å²) in [5, 5.41) is 0. The number of benzene rings is 1.